The molecule has 400 valence electrons. The average Bonchev–Trinajstić information content (AvgIpc) is 4.39. The second kappa shape index (κ2) is 24.5. The number of hydrogen-bond acceptors (Lipinski definition) is 11. The third-order valence-electron chi connectivity index (χ3n) is 14.8. The minimum atomic E-state index is -1.000. The molecule has 1 amide bonds. The van der Waals surface area contributed by atoms with Crippen LogP contribution in [-0.2, 0) is 22.4 Å². The Kier molecular flexibility index (Phi) is 16.9. The van der Waals surface area contributed by atoms with Gasteiger partial charge in [-0.05, 0) is 171 Å². The molecular weight excluding hydrogens is 979 g/mol. The van der Waals surface area contributed by atoms with Gasteiger partial charge in [-0.2, -0.15) is 0 Å². The van der Waals surface area contributed by atoms with Gasteiger partial charge in [0, 0.05) is 43.3 Å². The average molecular weight is 1050 g/mol. The van der Waals surface area contributed by atoms with Crippen molar-refractivity contribution in [1.82, 2.24) is 15.1 Å². The van der Waals surface area contributed by atoms with E-state index in [1.807, 2.05) is 72.8 Å². The number of aliphatic imine (C=N–C) groups is 2. The van der Waals surface area contributed by atoms with E-state index in [0.29, 0.717) is 43.1 Å². The number of hydrogen-bond donors (Lipinski definition) is 5. The third-order valence-corrected chi connectivity index (χ3v) is 14.8. The standard InChI is InChI=1S/C31H32FN3O3.C16H12FNO2.C15H22N2O2/c32-24-7-2-20(3-8-24)22-6-13-27-23(18-22)14-15-33-29(27)31(37)34-28(19-35-16-1-17-35)30(36)21-4-9-25(10-5-21)38-26-11-12-26;17-13-4-1-10(2-5-13)11-3-6-14-12(9-11)7-8-18-15(14)16(19)20;16-14(10-17-8-1-9-17)15(18)11-2-4-12(5-3-11)19-13-6-7-13/h2-10,13,18,26,28,30,36H,1,11-12,14-17,19H2,(H,34,37);1-6,9H,7-8H2,(H,19,20);2-5,13-15,18H,1,6-10,16H2/t28-,30-;;14-,15-/m1.1/s1. The van der Waals surface area contributed by atoms with Gasteiger partial charge >= 0.3 is 5.97 Å². The van der Waals surface area contributed by atoms with E-state index in [0.717, 1.165) is 139 Å². The number of carboxylic acids is 1. The molecule has 0 bridgehead atoms. The molecule has 6 aromatic carbocycles. The number of carboxylic acid groups (broad SMARTS) is 1. The van der Waals surface area contributed by atoms with Crippen LogP contribution in [0.5, 0.6) is 11.5 Å². The predicted octanol–water partition coefficient (Wildman–Crippen LogP) is 8.52. The molecule has 6 N–H and O–H groups in total. The van der Waals surface area contributed by atoms with E-state index in [9.17, 15) is 28.6 Å². The maximum atomic E-state index is 13.5. The molecule has 2 aliphatic carbocycles. The van der Waals surface area contributed by atoms with E-state index in [1.54, 1.807) is 30.3 Å². The zero-order valence-electron chi connectivity index (χ0n) is 43.1. The minimum absolute atomic E-state index is 0.122. The highest BCUT2D eigenvalue weighted by Gasteiger charge is 2.32. The molecule has 6 aromatic rings. The number of aliphatic hydroxyl groups is 2. The number of carbonyl (C=O) groups is 2. The zero-order chi connectivity index (χ0) is 53.4. The molecular formula is C62H66F2N6O7. The topological polar surface area (TPSA) is 183 Å². The Bertz CT molecular complexity index is 3070. The predicted molar refractivity (Wildman–Crippen MR) is 294 cm³/mol. The van der Waals surface area contributed by atoms with E-state index in [4.69, 9.17) is 20.3 Å². The van der Waals surface area contributed by atoms with Crippen LogP contribution < -0.4 is 20.5 Å². The number of nitrogens with one attached hydrogen (secondary N) is 1. The van der Waals surface area contributed by atoms with Gasteiger partial charge in [-0.1, -0.05) is 84.9 Å². The highest BCUT2D eigenvalue weighted by Crippen LogP contribution is 2.32. The summed E-state index contributed by atoms with van der Waals surface area (Å²) in [4.78, 5) is 37.8. The molecule has 4 heterocycles. The van der Waals surface area contributed by atoms with E-state index in [2.05, 4.69) is 31.2 Å². The van der Waals surface area contributed by atoms with Crippen molar-refractivity contribution in [2.45, 2.75) is 87.9 Å². The summed E-state index contributed by atoms with van der Waals surface area (Å²) >= 11 is 0. The largest absolute Gasteiger partial charge is 0.490 e. The van der Waals surface area contributed by atoms with Crippen molar-refractivity contribution in [3.63, 3.8) is 0 Å². The lowest BCUT2D eigenvalue weighted by Crippen LogP contribution is -2.52. The molecule has 15 heteroatoms. The molecule has 4 aliphatic heterocycles. The zero-order valence-corrected chi connectivity index (χ0v) is 43.1. The Morgan fingerprint density at radius 1 is 0.584 bits per heavy atom. The van der Waals surface area contributed by atoms with Crippen LogP contribution in [0.1, 0.15) is 84.1 Å². The van der Waals surface area contributed by atoms with Crippen LogP contribution in [0.2, 0.25) is 0 Å². The summed E-state index contributed by atoms with van der Waals surface area (Å²) in [6.07, 6.45) is 7.59. The smallest absolute Gasteiger partial charge is 0.354 e. The second-order valence-electron chi connectivity index (χ2n) is 20.7. The summed E-state index contributed by atoms with van der Waals surface area (Å²) in [7, 11) is 0. The van der Waals surface area contributed by atoms with Crippen molar-refractivity contribution in [3.05, 3.63) is 178 Å². The van der Waals surface area contributed by atoms with Crippen LogP contribution in [-0.4, -0.2) is 125 Å². The molecule has 2 saturated heterocycles. The van der Waals surface area contributed by atoms with Crippen LogP contribution in [0, 0.1) is 11.6 Å². The quantitative estimate of drug-likeness (QED) is 0.0594. The fraction of sp³-hybridized carbons (Fsp3) is 0.355. The SMILES string of the molecule is N[C@H](CN1CCC1)[C@H](O)c1ccc(OC2CC2)cc1.O=C(N[C@H](CN1CCC1)[C@H](O)c1ccc(OC2CC2)cc1)C1=NCCc2cc(-c3ccc(F)cc3)ccc21.O=C(O)C1=NCCc2cc(-c3ccc(F)cc3)ccc21. The first-order valence-corrected chi connectivity index (χ1v) is 26.9. The molecule has 6 aliphatic rings. The van der Waals surface area contributed by atoms with Crippen LogP contribution >= 0.6 is 0 Å². The van der Waals surface area contributed by atoms with Gasteiger partial charge in [0.2, 0.25) is 0 Å². The number of aliphatic carboxylic acids is 1. The van der Waals surface area contributed by atoms with Gasteiger partial charge in [-0.15, -0.1) is 0 Å². The number of halogens is 2. The fourth-order valence-electron chi connectivity index (χ4n) is 9.82. The van der Waals surface area contributed by atoms with E-state index in [-0.39, 0.29) is 29.3 Å². The first-order valence-electron chi connectivity index (χ1n) is 26.9. The van der Waals surface area contributed by atoms with Gasteiger partial charge in [0.1, 0.15) is 34.9 Å². The summed E-state index contributed by atoms with van der Waals surface area (Å²) < 4.78 is 37.8. The molecule has 0 unspecified atom stereocenters. The number of amides is 1. The van der Waals surface area contributed by atoms with E-state index < -0.39 is 24.2 Å². The molecule has 4 atom stereocenters. The van der Waals surface area contributed by atoms with E-state index >= 15 is 0 Å². The van der Waals surface area contributed by atoms with Crippen molar-refractivity contribution < 1.29 is 43.2 Å². The number of aliphatic hydroxyl groups excluding tert-OH is 2. The fourth-order valence-corrected chi connectivity index (χ4v) is 9.82. The number of nitrogens with zero attached hydrogens (tertiary/aromatic N) is 4. The van der Waals surface area contributed by atoms with Gasteiger partial charge in [0.05, 0.1) is 24.4 Å². The normalized spacial score (nSPS) is 18.2. The molecule has 0 radical (unpaired) electrons. The first kappa shape index (κ1) is 53.3. The summed E-state index contributed by atoms with van der Waals surface area (Å²) in [6, 6.07) is 38.7. The lowest BCUT2D eigenvalue weighted by atomic mass is 9.92. The Balaban J connectivity index is 0.000000145. The molecule has 0 spiro atoms. The Morgan fingerprint density at radius 3 is 1.45 bits per heavy atom. The molecule has 77 heavy (non-hydrogen) atoms. The molecule has 2 saturated carbocycles. The number of ether oxygens (including phenoxy) is 2. The lowest BCUT2D eigenvalue weighted by Gasteiger charge is -2.36. The number of nitrogens with two attached hydrogens (primary N) is 1. The van der Waals surface area contributed by atoms with Crippen LogP contribution in [0.4, 0.5) is 8.78 Å². The second-order valence-corrected chi connectivity index (χ2v) is 20.7. The molecule has 12 rings (SSSR count). The highest BCUT2D eigenvalue weighted by atomic mass is 19.1. The van der Waals surface area contributed by atoms with Crippen molar-refractivity contribution in [2.24, 2.45) is 15.7 Å². The summed E-state index contributed by atoms with van der Waals surface area (Å²) in [5.41, 5.74) is 15.5. The Labute approximate surface area is 448 Å². The van der Waals surface area contributed by atoms with Crippen LogP contribution in [0.25, 0.3) is 22.3 Å². The minimum Gasteiger partial charge on any atom is -0.490 e. The van der Waals surface area contributed by atoms with Crippen LogP contribution in [0.3, 0.4) is 0 Å². The van der Waals surface area contributed by atoms with Crippen molar-refractivity contribution in [3.8, 4) is 33.8 Å². The Hall–Kier alpha value is -7.14. The number of fused-ring (bicyclic) bond motifs is 2. The van der Waals surface area contributed by atoms with Gasteiger partial charge in [0.15, 0.2) is 5.71 Å². The monoisotopic (exact) mass is 1040 g/mol. The van der Waals surface area contributed by atoms with Crippen molar-refractivity contribution in [2.75, 3.05) is 52.4 Å². The number of rotatable bonds is 17. The Morgan fingerprint density at radius 2 is 1.01 bits per heavy atom. The summed E-state index contributed by atoms with van der Waals surface area (Å²) in [6.45, 7) is 6.47. The molecule has 0 aromatic heterocycles. The van der Waals surface area contributed by atoms with Crippen molar-refractivity contribution in [1.29, 1.82) is 0 Å². The first-order chi connectivity index (χ1) is 37.4. The number of likely N-dealkylation sites (tertiary alicyclic amines) is 2. The van der Waals surface area contributed by atoms with Gasteiger partial charge < -0.3 is 45.6 Å². The summed E-state index contributed by atoms with van der Waals surface area (Å²) in [5.74, 6) is -0.128. The summed E-state index contributed by atoms with van der Waals surface area (Å²) in [5, 5.41) is 33.8. The van der Waals surface area contributed by atoms with Gasteiger partial charge in [-0.25, -0.2) is 13.6 Å². The molecule has 13 nitrogen and oxygen atoms in total. The lowest BCUT2D eigenvalue weighted by molar-refractivity contribution is -0.129. The van der Waals surface area contributed by atoms with Crippen LogP contribution in [0.15, 0.2) is 143 Å². The van der Waals surface area contributed by atoms with Crippen molar-refractivity contribution >= 4 is 23.3 Å². The van der Waals surface area contributed by atoms with E-state index in [1.165, 1.54) is 30.7 Å². The van der Waals surface area contributed by atoms with Gasteiger partial charge in [0.25, 0.3) is 5.91 Å². The maximum absolute atomic E-state index is 13.5. The number of benzene rings is 6. The highest BCUT2D eigenvalue weighted by molar-refractivity contribution is 6.46. The molecule has 4 fully saturated rings. The number of carbonyl (C=O) groups excluding carboxylic acids is 1. The van der Waals surface area contributed by atoms with Gasteiger partial charge in [-0.3, -0.25) is 14.8 Å². The maximum Gasteiger partial charge on any atom is 0.354 e. The third kappa shape index (κ3) is 13.9.